The summed E-state index contributed by atoms with van der Waals surface area (Å²) in [4.78, 5) is 32.5. The Labute approximate surface area is 215 Å². The van der Waals surface area contributed by atoms with Gasteiger partial charge in [0, 0.05) is 15.8 Å². The molecule has 1 N–H and O–H groups in total. The number of hydrogen-bond donors (Lipinski definition) is 1. The first-order valence-electron chi connectivity index (χ1n) is 12.6. The second-order valence-electron chi connectivity index (χ2n) is 9.29. The van der Waals surface area contributed by atoms with Gasteiger partial charge in [0.2, 0.25) is 0 Å². The van der Waals surface area contributed by atoms with Crippen LogP contribution in [-0.4, -0.2) is 24.0 Å². The number of aryl methyl sites for hydroxylation is 1. The van der Waals surface area contributed by atoms with Gasteiger partial charge in [-0.1, -0.05) is 62.7 Å². The molecule has 1 aliphatic carbocycles. The summed E-state index contributed by atoms with van der Waals surface area (Å²) in [7, 11) is 1.39. The SMILES string of the molecule is CCc1ccc(-c2cc(C(=O)Nc3sc4c(c3C(=O)OC)CCC(CC)C4)c3ccccc3n2)cc1. The molecule has 0 saturated carbocycles. The van der Waals surface area contributed by atoms with E-state index in [1.807, 2.05) is 42.5 Å². The van der Waals surface area contributed by atoms with Gasteiger partial charge in [-0.25, -0.2) is 9.78 Å². The van der Waals surface area contributed by atoms with E-state index in [9.17, 15) is 9.59 Å². The summed E-state index contributed by atoms with van der Waals surface area (Å²) in [6.45, 7) is 4.33. The van der Waals surface area contributed by atoms with Crippen LogP contribution in [0, 0.1) is 5.92 Å². The topological polar surface area (TPSA) is 68.3 Å². The number of carbonyl (C=O) groups is 2. The number of amides is 1. The molecule has 5 rings (SSSR count). The van der Waals surface area contributed by atoms with Gasteiger partial charge in [0.05, 0.1) is 29.4 Å². The third-order valence-electron chi connectivity index (χ3n) is 7.18. The molecule has 5 nitrogen and oxygen atoms in total. The Morgan fingerprint density at radius 1 is 1.11 bits per heavy atom. The van der Waals surface area contributed by atoms with Gasteiger partial charge in [0.1, 0.15) is 5.00 Å². The number of methoxy groups -OCH3 is 1. The molecule has 0 aliphatic heterocycles. The maximum absolute atomic E-state index is 13.7. The molecular formula is C30H30N2O3S. The van der Waals surface area contributed by atoms with Crippen LogP contribution in [0.3, 0.4) is 0 Å². The molecule has 0 radical (unpaired) electrons. The summed E-state index contributed by atoms with van der Waals surface area (Å²) in [5, 5.41) is 4.42. The molecular weight excluding hydrogens is 468 g/mol. The molecule has 1 aliphatic rings. The van der Waals surface area contributed by atoms with Gasteiger partial charge in [-0.15, -0.1) is 11.3 Å². The summed E-state index contributed by atoms with van der Waals surface area (Å²) >= 11 is 1.51. The largest absolute Gasteiger partial charge is 0.465 e. The van der Waals surface area contributed by atoms with Crippen molar-refractivity contribution < 1.29 is 14.3 Å². The van der Waals surface area contributed by atoms with Crippen LogP contribution in [0.15, 0.2) is 54.6 Å². The van der Waals surface area contributed by atoms with E-state index in [0.717, 1.165) is 59.8 Å². The highest BCUT2D eigenvalue weighted by atomic mass is 32.1. The second kappa shape index (κ2) is 10.2. The van der Waals surface area contributed by atoms with Gasteiger partial charge in [-0.05, 0) is 54.9 Å². The lowest BCUT2D eigenvalue weighted by molar-refractivity contribution is 0.0601. The van der Waals surface area contributed by atoms with Gasteiger partial charge >= 0.3 is 5.97 Å². The number of hydrogen-bond acceptors (Lipinski definition) is 5. The molecule has 4 aromatic rings. The van der Waals surface area contributed by atoms with Crippen molar-refractivity contribution in [2.45, 2.75) is 46.0 Å². The van der Waals surface area contributed by atoms with Crippen molar-refractivity contribution in [2.75, 3.05) is 12.4 Å². The zero-order valence-electron chi connectivity index (χ0n) is 20.9. The number of fused-ring (bicyclic) bond motifs is 2. The van der Waals surface area contributed by atoms with Gasteiger partial charge in [-0.2, -0.15) is 0 Å². The Balaban J connectivity index is 1.56. The number of aromatic nitrogens is 1. The Morgan fingerprint density at radius 3 is 2.61 bits per heavy atom. The molecule has 1 amide bonds. The number of thiophene rings is 1. The zero-order chi connectivity index (χ0) is 25.2. The first-order chi connectivity index (χ1) is 17.5. The fraction of sp³-hybridized carbons (Fsp3) is 0.300. The van der Waals surface area contributed by atoms with Crippen LogP contribution in [0.25, 0.3) is 22.2 Å². The minimum Gasteiger partial charge on any atom is -0.465 e. The number of ether oxygens (including phenoxy) is 1. The summed E-state index contributed by atoms with van der Waals surface area (Å²) in [6, 6.07) is 17.8. The summed E-state index contributed by atoms with van der Waals surface area (Å²) in [5.74, 6) is -0.0409. The van der Waals surface area contributed by atoms with Crippen LogP contribution < -0.4 is 5.32 Å². The Hall–Kier alpha value is -3.51. The van der Waals surface area contributed by atoms with Gasteiger partial charge in [0.25, 0.3) is 5.91 Å². The number of carbonyl (C=O) groups excluding carboxylic acids is 2. The number of nitrogens with zero attached hydrogens (tertiary/aromatic N) is 1. The van der Waals surface area contributed by atoms with Crippen molar-refractivity contribution in [3.8, 4) is 11.3 Å². The van der Waals surface area contributed by atoms with Crippen molar-refractivity contribution >= 4 is 39.1 Å². The van der Waals surface area contributed by atoms with Crippen LogP contribution in [-0.2, 0) is 24.0 Å². The summed E-state index contributed by atoms with van der Waals surface area (Å²) in [5.41, 5.74) is 5.77. The van der Waals surface area contributed by atoms with E-state index in [0.29, 0.717) is 22.0 Å². The zero-order valence-corrected chi connectivity index (χ0v) is 21.7. The Bertz CT molecular complexity index is 1440. The molecule has 6 heteroatoms. The average molecular weight is 499 g/mol. The maximum Gasteiger partial charge on any atom is 0.341 e. The second-order valence-corrected chi connectivity index (χ2v) is 10.4. The quantitative estimate of drug-likeness (QED) is 0.288. The molecule has 36 heavy (non-hydrogen) atoms. The van der Waals surface area contributed by atoms with Crippen LogP contribution in [0.5, 0.6) is 0 Å². The molecule has 0 bridgehead atoms. The fourth-order valence-electron chi connectivity index (χ4n) is 5.00. The van der Waals surface area contributed by atoms with E-state index in [1.165, 1.54) is 28.9 Å². The molecule has 0 spiro atoms. The first kappa shape index (κ1) is 24.2. The van der Waals surface area contributed by atoms with Crippen molar-refractivity contribution in [2.24, 2.45) is 5.92 Å². The van der Waals surface area contributed by atoms with Crippen molar-refractivity contribution in [3.05, 3.63) is 81.7 Å². The lowest BCUT2D eigenvalue weighted by Crippen LogP contribution is -2.17. The predicted octanol–water partition coefficient (Wildman–Crippen LogP) is 7.08. The van der Waals surface area contributed by atoms with E-state index >= 15 is 0 Å². The predicted molar refractivity (Wildman–Crippen MR) is 146 cm³/mol. The molecule has 1 atom stereocenters. The van der Waals surface area contributed by atoms with E-state index in [-0.39, 0.29) is 5.91 Å². The number of para-hydroxylation sites is 1. The van der Waals surface area contributed by atoms with Crippen LogP contribution >= 0.6 is 11.3 Å². The molecule has 2 aromatic carbocycles. The number of rotatable bonds is 6. The van der Waals surface area contributed by atoms with Crippen LogP contribution in [0.2, 0.25) is 0 Å². The third-order valence-corrected chi connectivity index (χ3v) is 8.35. The average Bonchev–Trinajstić information content (AvgIpc) is 3.28. The van der Waals surface area contributed by atoms with Crippen molar-refractivity contribution in [3.63, 3.8) is 0 Å². The molecule has 184 valence electrons. The van der Waals surface area contributed by atoms with E-state index in [2.05, 4.69) is 31.3 Å². The van der Waals surface area contributed by atoms with Crippen molar-refractivity contribution in [1.29, 1.82) is 0 Å². The molecule has 0 fully saturated rings. The standard InChI is InChI=1S/C30H30N2O3S/c1-4-18-10-13-20(14-11-18)25-17-23(21-8-6-7-9-24(21)31-25)28(33)32-29-27(30(34)35-3)22-15-12-19(5-2)16-26(22)36-29/h6-11,13-14,17,19H,4-5,12,15-16H2,1-3H3,(H,32,33). The van der Waals surface area contributed by atoms with Crippen molar-refractivity contribution in [1.82, 2.24) is 4.98 Å². The number of anilines is 1. The normalized spacial score (nSPS) is 14.9. The summed E-state index contributed by atoms with van der Waals surface area (Å²) < 4.78 is 5.11. The highest BCUT2D eigenvalue weighted by Gasteiger charge is 2.30. The minimum absolute atomic E-state index is 0.254. The third kappa shape index (κ3) is 4.53. The fourth-order valence-corrected chi connectivity index (χ4v) is 6.35. The Kier molecular flexibility index (Phi) is 6.88. The molecule has 1 unspecified atom stereocenters. The van der Waals surface area contributed by atoms with E-state index in [1.54, 1.807) is 0 Å². The lowest BCUT2D eigenvalue weighted by atomic mass is 9.85. The highest BCUT2D eigenvalue weighted by molar-refractivity contribution is 7.17. The Morgan fingerprint density at radius 2 is 1.89 bits per heavy atom. The van der Waals surface area contributed by atoms with Crippen LogP contribution in [0.1, 0.15) is 63.4 Å². The van der Waals surface area contributed by atoms with Gasteiger partial charge < -0.3 is 10.1 Å². The minimum atomic E-state index is -0.394. The highest BCUT2D eigenvalue weighted by Crippen LogP contribution is 2.41. The number of pyridine rings is 1. The van der Waals surface area contributed by atoms with Gasteiger partial charge in [-0.3, -0.25) is 4.79 Å². The number of esters is 1. The maximum atomic E-state index is 13.7. The first-order valence-corrected chi connectivity index (χ1v) is 13.4. The lowest BCUT2D eigenvalue weighted by Gasteiger charge is -2.20. The molecule has 2 heterocycles. The summed E-state index contributed by atoms with van der Waals surface area (Å²) in [6.07, 6.45) is 4.89. The van der Waals surface area contributed by atoms with E-state index in [4.69, 9.17) is 9.72 Å². The number of benzene rings is 2. The van der Waals surface area contributed by atoms with E-state index < -0.39 is 5.97 Å². The van der Waals surface area contributed by atoms with Crippen LogP contribution in [0.4, 0.5) is 5.00 Å². The molecule has 0 saturated heterocycles. The monoisotopic (exact) mass is 498 g/mol. The smallest absolute Gasteiger partial charge is 0.341 e. The number of nitrogens with one attached hydrogen (secondary N) is 1. The molecule has 2 aromatic heterocycles. The van der Waals surface area contributed by atoms with Gasteiger partial charge in [0.15, 0.2) is 0 Å².